The highest BCUT2D eigenvalue weighted by atomic mass is 32.1. The van der Waals surface area contributed by atoms with E-state index >= 15 is 0 Å². The van der Waals surface area contributed by atoms with Gasteiger partial charge < -0.3 is 5.11 Å². The molecule has 0 unspecified atom stereocenters. The van der Waals surface area contributed by atoms with Gasteiger partial charge in [-0.25, -0.2) is 15.0 Å². The van der Waals surface area contributed by atoms with Gasteiger partial charge in [0.15, 0.2) is 5.06 Å². The quantitative estimate of drug-likeness (QED) is 0.846. The minimum Gasteiger partial charge on any atom is -0.498 e. The van der Waals surface area contributed by atoms with Gasteiger partial charge in [0, 0.05) is 23.9 Å². The Kier molecular flexibility index (Phi) is 2.64. The van der Waals surface area contributed by atoms with Gasteiger partial charge in [-0.1, -0.05) is 25.2 Å². The van der Waals surface area contributed by atoms with E-state index in [0.29, 0.717) is 5.92 Å². The first-order valence-corrected chi connectivity index (χ1v) is 5.45. The van der Waals surface area contributed by atoms with Crippen molar-refractivity contribution in [1.82, 2.24) is 15.0 Å². The molecule has 2 heterocycles. The highest BCUT2D eigenvalue weighted by Gasteiger charge is 2.06. The standard InChI is InChI=1S/C10H11N3OS/c1-6(2)9-11-3-7(4-12-9)10-13-5-8(14)15-10/h3-6,14H,1-2H3. The maximum absolute atomic E-state index is 9.17. The lowest BCUT2D eigenvalue weighted by atomic mass is 10.2. The van der Waals surface area contributed by atoms with E-state index in [0.717, 1.165) is 16.4 Å². The van der Waals surface area contributed by atoms with Gasteiger partial charge in [-0.2, -0.15) is 0 Å². The molecule has 1 N–H and O–H groups in total. The number of nitrogens with zero attached hydrogens (tertiary/aromatic N) is 3. The number of aromatic nitrogens is 3. The van der Waals surface area contributed by atoms with Gasteiger partial charge in [-0.15, -0.1) is 0 Å². The van der Waals surface area contributed by atoms with Crippen molar-refractivity contribution in [2.75, 3.05) is 0 Å². The van der Waals surface area contributed by atoms with Gasteiger partial charge in [0.25, 0.3) is 0 Å². The zero-order valence-electron chi connectivity index (χ0n) is 8.51. The molecule has 0 saturated carbocycles. The minimum absolute atomic E-state index is 0.206. The van der Waals surface area contributed by atoms with Gasteiger partial charge in [0.2, 0.25) is 0 Å². The largest absolute Gasteiger partial charge is 0.498 e. The van der Waals surface area contributed by atoms with Gasteiger partial charge in [0.05, 0.1) is 6.20 Å². The predicted octanol–water partition coefficient (Wildman–Crippen LogP) is 2.43. The summed E-state index contributed by atoms with van der Waals surface area (Å²) in [6, 6.07) is 0. The molecule has 5 heteroatoms. The molecule has 2 aromatic heterocycles. The number of thiazole rings is 1. The fraction of sp³-hybridized carbons (Fsp3) is 0.300. The Hall–Kier alpha value is -1.49. The van der Waals surface area contributed by atoms with E-state index in [4.69, 9.17) is 0 Å². The monoisotopic (exact) mass is 221 g/mol. The van der Waals surface area contributed by atoms with E-state index in [9.17, 15) is 5.11 Å². The van der Waals surface area contributed by atoms with Crippen LogP contribution in [0.15, 0.2) is 18.6 Å². The Morgan fingerprint density at radius 1 is 1.13 bits per heavy atom. The van der Waals surface area contributed by atoms with Crippen LogP contribution in [0.5, 0.6) is 5.06 Å². The summed E-state index contributed by atoms with van der Waals surface area (Å²) in [4.78, 5) is 12.5. The van der Waals surface area contributed by atoms with Crippen LogP contribution in [0.2, 0.25) is 0 Å². The van der Waals surface area contributed by atoms with Gasteiger partial charge >= 0.3 is 0 Å². The molecule has 0 aromatic carbocycles. The Bertz CT molecular complexity index is 450. The first kappa shape index (κ1) is 10.0. The first-order valence-electron chi connectivity index (χ1n) is 4.64. The van der Waals surface area contributed by atoms with Crippen molar-refractivity contribution in [3.63, 3.8) is 0 Å². The van der Waals surface area contributed by atoms with Gasteiger partial charge in [-0.3, -0.25) is 0 Å². The van der Waals surface area contributed by atoms with Gasteiger partial charge in [0.1, 0.15) is 10.8 Å². The van der Waals surface area contributed by atoms with E-state index < -0.39 is 0 Å². The molecule has 0 aliphatic carbocycles. The Labute approximate surface area is 91.7 Å². The van der Waals surface area contributed by atoms with Crippen molar-refractivity contribution in [3.05, 3.63) is 24.4 Å². The van der Waals surface area contributed by atoms with Crippen LogP contribution in [-0.4, -0.2) is 20.1 Å². The molecule has 0 spiro atoms. The van der Waals surface area contributed by atoms with E-state index in [-0.39, 0.29) is 5.06 Å². The maximum Gasteiger partial charge on any atom is 0.192 e. The van der Waals surface area contributed by atoms with E-state index in [1.807, 2.05) is 13.8 Å². The topological polar surface area (TPSA) is 58.9 Å². The van der Waals surface area contributed by atoms with Crippen molar-refractivity contribution in [2.45, 2.75) is 19.8 Å². The van der Waals surface area contributed by atoms with Crippen molar-refractivity contribution in [1.29, 1.82) is 0 Å². The van der Waals surface area contributed by atoms with Crippen LogP contribution in [0.1, 0.15) is 25.6 Å². The van der Waals surface area contributed by atoms with E-state index in [1.165, 1.54) is 17.5 Å². The smallest absolute Gasteiger partial charge is 0.192 e. The summed E-state index contributed by atoms with van der Waals surface area (Å²) in [7, 11) is 0. The molecular weight excluding hydrogens is 210 g/mol. The Morgan fingerprint density at radius 2 is 1.80 bits per heavy atom. The fourth-order valence-electron chi connectivity index (χ4n) is 1.15. The molecular formula is C10H11N3OS. The summed E-state index contributed by atoms with van der Waals surface area (Å²) in [6.45, 7) is 4.09. The summed E-state index contributed by atoms with van der Waals surface area (Å²) in [5.41, 5.74) is 0.838. The number of rotatable bonds is 2. The lowest BCUT2D eigenvalue weighted by Crippen LogP contribution is -1.96. The second kappa shape index (κ2) is 3.94. The molecule has 0 amide bonds. The Morgan fingerprint density at radius 3 is 2.27 bits per heavy atom. The summed E-state index contributed by atoms with van der Waals surface area (Å²) in [5, 5.41) is 10.1. The zero-order chi connectivity index (χ0) is 10.8. The minimum atomic E-state index is 0.206. The van der Waals surface area contributed by atoms with E-state index in [1.54, 1.807) is 12.4 Å². The van der Waals surface area contributed by atoms with Crippen LogP contribution < -0.4 is 0 Å². The van der Waals surface area contributed by atoms with Crippen LogP contribution in [0.4, 0.5) is 0 Å². The average Bonchev–Trinajstić information content (AvgIpc) is 2.65. The highest BCUT2D eigenvalue weighted by Crippen LogP contribution is 2.28. The molecule has 0 aliphatic rings. The second-order valence-electron chi connectivity index (χ2n) is 3.49. The fourth-order valence-corrected chi connectivity index (χ4v) is 1.78. The number of hydrogen-bond acceptors (Lipinski definition) is 5. The summed E-state index contributed by atoms with van der Waals surface area (Å²) in [5.74, 6) is 1.14. The number of hydrogen-bond donors (Lipinski definition) is 1. The van der Waals surface area contributed by atoms with E-state index in [2.05, 4.69) is 15.0 Å². The molecule has 0 radical (unpaired) electrons. The molecule has 15 heavy (non-hydrogen) atoms. The SMILES string of the molecule is CC(C)c1ncc(-c2ncc(O)s2)cn1. The highest BCUT2D eigenvalue weighted by molar-refractivity contribution is 7.16. The lowest BCUT2D eigenvalue weighted by Gasteiger charge is -2.02. The van der Waals surface area contributed by atoms with Crippen LogP contribution in [-0.2, 0) is 0 Å². The molecule has 0 fully saturated rings. The van der Waals surface area contributed by atoms with Crippen molar-refractivity contribution < 1.29 is 5.11 Å². The maximum atomic E-state index is 9.17. The molecule has 2 rings (SSSR count). The molecule has 78 valence electrons. The van der Waals surface area contributed by atoms with Gasteiger partial charge in [-0.05, 0) is 0 Å². The van der Waals surface area contributed by atoms with Crippen LogP contribution in [0, 0.1) is 0 Å². The third kappa shape index (κ3) is 2.12. The molecule has 0 saturated heterocycles. The summed E-state index contributed by atoms with van der Waals surface area (Å²) in [6.07, 6.45) is 4.90. The van der Waals surface area contributed by atoms with Crippen LogP contribution in [0.3, 0.4) is 0 Å². The lowest BCUT2D eigenvalue weighted by molar-refractivity contribution is 0.489. The molecule has 0 aliphatic heterocycles. The van der Waals surface area contributed by atoms with Crippen molar-refractivity contribution >= 4 is 11.3 Å². The van der Waals surface area contributed by atoms with Crippen LogP contribution in [0.25, 0.3) is 10.6 Å². The number of aromatic hydroxyl groups is 1. The average molecular weight is 221 g/mol. The van der Waals surface area contributed by atoms with Crippen LogP contribution >= 0.6 is 11.3 Å². The predicted molar refractivity (Wildman–Crippen MR) is 58.9 cm³/mol. The van der Waals surface area contributed by atoms with Crippen molar-refractivity contribution in [2.24, 2.45) is 0 Å². The summed E-state index contributed by atoms with van der Waals surface area (Å²) >= 11 is 1.22. The first-order chi connectivity index (χ1) is 7.16. The second-order valence-corrected chi connectivity index (χ2v) is 4.50. The molecule has 2 aromatic rings. The Balaban J connectivity index is 2.31. The van der Waals surface area contributed by atoms with Crippen molar-refractivity contribution in [3.8, 4) is 15.6 Å². The zero-order valence-corrected chi connectivity index (χ0v) is 9.32. The molecule has 0 bridgehead atoms. The summed E-state index contributed by atoms with van der Waals surface area (Å²) < 4.78 is 0. The third-order valence-corrected chi connectivity index (χ3v) is 2.78. The molecule has 4 nitrogen and oxygen atoms in total. The third-order valence-electron chi connectivity index (χ3n) is 1.93. The normalized spacial score (nSPS) is 10.9. The molecule has 0 atom stereocenters.